The molecule has 0 unspecified atom stereocenters. The van der Waals surface area contributed by atoms with Crippen LogP contribution in [0.4, 0.5) is 35.1 Å². The van der Waals surface area contributed by atoms with Crippen molar-refractivity contribution in [1.82, 2.24) is 4.90 Å². The fourth-order valence-electron chi connectivity index (χ4n) is 7.52. The first-order valence-electron chi connectivity index (χ1n) is 14.3. The fraction of sp³-hybridized carbons (Fsp3) is 0.533. The van der Waals surface area contributed by atoms with Crippen molar-refractivity contribution in [3.8, 4) is 0 Å². The number of halogens is 8. The molecule has 2 fully saturated rings. The van der Waals surface area contributed by atoms with Crippen LogP contribution < -0.4 is 0 Å². The second-order valence-corrected chi connectivity index (χ2v) is 14.3. The topological polar surface area (TPSA) is 91.8 Å². The first kappa shape index (κ1) is 33.1. The van der Waals surface area contributed by atoms with E-state index in [9.17, 15) is 53.8 Å². The number of likely N-dealkylation sites (tertiary alicyclic amines) is 1. The molecule has 3 aliphatic rings. The van der Waals surface area contributed by atoms with Crippen LogP contribution in [0.5, 0.6) is 0 Å². The lowest BCUT2D eigenvalue weighted by Gasteiger charge is -2.44. The molecule has 6 nitrogen and oxygen atoms in total. The second-order valence-electron chi connectivity index (χ2n) is 12.1. The van der Waals surface area contributed by atoms with E-state index < -0.39 is 73.7 Å². The van der Waals surface area contributed by atoms with Crippen molar-refractivity contribution in [3.63, 3.8) is 0 Å². The van der Waals surface area contributed by atoms with Gasteiger partial charge < -0.3 is 10.0 Å². The van der Waals surface area contributed by atoms with Crippen LogP contribution in [-0.2, 0) is 36.3 Å². The van der Waals surface area contributed by atoms with Crippen molar-refractivity contribution in [3.05, 3.63) is 65.0 Å². The number of aliphatic carboxylic acids is 1. The normalized spacial score (nSPS) is 27.5. The Morgan fingerprint density at radius 1 is 0.933 bits per heavy atom. The second kappa shape index (κ2) is 10.9. The summed E-state index contributed by atoms with van der Waals surface area (Å²) in [5.74, 6) is -3.83. The average Bonchev–Trinajstić information content (AvgIpc) is 3.37. The summed E-state index contributed by atoms with van der Waals surface area (Å²) >= 11 is 0. The number of carboxylic acid groups (broad SMARTS) is 1. The molecular weight excluding hydrogens is 638 g/mol. The molecule has 0 aromatic heterocycles. The molecule has 1 aliphatic heterocycles. The van der Waals surface area contributed by atoms with E-state index in [1.54, 1.807) is 6.92 Å². The Morgan fingerprint density at radius 3 is 2.11 bits per heavy atom. The molecule has 5 rings (SSSR count). The smallest absolute Gasteiger partial charge is 0.435 e. The van der Waals surface area contributed by atoms with E-state index in [-0.39, 0.29) is 73.1 Å². The standard InChI is InChI=1S/C30H29F8NO5S/c1-16-14-18(26(41)42)2-9-22(16)25(40)39-13-12-27(45(43,44)21-7-5-20(31)6-8-21)23-10-4-19(15-17(23)3-11-24(27)39)28(32,29(33,34)35)30(36,37)38/h4-8,10,15-16,18,22,24H,2-3,9,11-14H2,1H3,(H,41,42)/t16-,18-,22-,24+,27+/m0/s1. The summed E-state index contributed by atoms with van der Waals surface area (Å²) in [6, 6.07) is 4.07. The molecule has 2 aromatic rings. The lowest BCUT2D eigenvalue weighted by atomic mass is 9.73. The number of hydrogen-bond acceptors (Lipinski definition) is 4. The number of amides is 1. The molecule has 1 saturated heterocycles. The molecule has 45 heavy (non-hydrogen) atoms. The number of fused-ring (bicyclic) bond motifs is 3. The lowest BCUT2D eigenvalue weighted by molar-refractivity contribution is -0.348. The van der Waals surface area contributed by atoms with E-state index in [0.29, 0.717) is 6.07 Å². The molecule has 1 heterocycles. The lowest BCUT2D eigenvalue weighted by Crippen LogP contribution is -2.54. The Balaban J connectivity index is 1.63. The van der Waals surface area contributed by atoms with Gasteiger partial charge in [0.1, 0.15) is 10.6 Å². The van der Waals surface area contributed by atoms with Crippen molar-refractivity contribution >= 4 is 21.7 Å². The number of rotatable bonds is 5. The number of alkyl halides is 7. The third-order valence-electron chi connectivity index (χ3n) is 9.79. The zero-order valence-corrected chi connectivity index (χ0v) is 24.6. The number of nitrogens with zero attached hydrogens (tertiary/aromatic N) is 1. The minimum Gasteiger partial charge on any atom is -0.481 e. The summed E-state index contributed by atoms with van der Waals surface area (Å²) in [6.45, 7) is 1.59. The molecule has 246 valence electrons. The number of aryl methyl sites for hydroxylation is 1. The average molecular weight is 668 g/mol. The monoisotopic (exact) mass is 667 g/mol. The van der Waals surface area contributed by atoms with Crippen LogP contribution in [0.1, 0.15) is 55.7 Å². The first-order chi connectivity index (χ1) is 20.8. The summed E-state index contributed by atoms with van der Waals surface area (Å²) in [7, 11) is -4.60. The Kier molecular flexibility index (Phi) is 8.06. The van der Waals surface area contributed by atoms with E-state index in [2.05, 4.69) is 0 Å². The SMILES string of the molecule is C[C@H]1C[C@@H](C(=O)O)CC[C@@H]1C(=O)N1CC[C@@]2(S(=O)(=O)c3ccc(F)cc3)c3ccc(C(F)(C(F)(F)F)C(F)(F)F)cc3CC[C@@H]12. The molecule has 5 atom stereocenters. The maximum atomic E-state index is 15.0. The summed E-state index contributed by atoms with van der Waals surface area (Å²) in [5.41, 5.74) is -7.87. The molecule has 2 aliphatic carbocycles. The van der Waals surface area contributed by atoms with Crippen LogP contribution in [0.25, 0.3) is 0 Å². The predicted molar refractivity (Wildman–Crippen MR) is 143 cm³/mol. The highest BCUT2D eigenvalue weighted by atomic mass is 32.2. The summed E-state index contributed by atoms with van der Waals surface area (Å²) in [6.07, 6.45) is -12.8. The molecule has 0 radical (unpaired) electrons. The van der Waals surface area contributed by atoms with Gasteiger partial charge in [0.05, 0.1) is 16.9 Å². The number of sulfone groups is 1. The van der Waals surface area contributed by atoms with E-state index in [1.165, 1.54) is 4.90 Å². The number of carbonyl (C=O) groups is 2. The maximum absolute atomic E-state index is 15.0. The molecular formula is C30H29F8NO5S. The summed E-state index contributed by atoms with van der Waals surface area (Å²) < 4.78 is 137. The predicted octanol–water partition coefficient (Wildman–Crippen LogP) is 6.47. The summed E-state index contributed by atoms with van der Waals surface area (Å²) in [5, 5.41) is 9.41. The fourth-order valence-corrected chi connectivity index (χ4v) is 9.89. The van der Waals surface area contributed by atoms with Gasteiger partial charge in [-0.2, -0.15) is 26.3 Å². The quantitative estimate of drug-likeness (QED) is 0.292. The van der Waals surface area contributed by atoms with Crippen molar-refractivity contribution in [2.45, 2.75) is 79.2 Å². The van der Waals surface area contributed by atoms with Crippen LogP contribution in [0.15, 0.2) is 47.4 Å². The van der Waals surface area contributed by atoms with Crippen molar-refractivity contribution < 1.29 is 58.2 Å². The highest BCUT2D eigenvalue weighted by Crippen LogP contribution is 2.57. The van der Waals surface area contributed by atoms with Crippen molar-refractivity contribution in [1.29, 1.82) is 0 Å². The first-order valence-corrected chi connectivity index (χ1v) is 15.8. The third-order valence-corrected chi connectivity index (χ3v) is 12.3. The van der Waals surface area contributed by atoms with Crippen LogP contribution in [-0.4, -0.2) is 55.2 Å². The van der Waals surface area contributed by atoms with Crippen LogP contribution in [0.3, 0.4) is 0 Å². The number of hydrogen-bond donors (Lipinski definition) is 1. The molecule has 2 aromatic carbocycles. The van der Waals surface area contributed by atoms with Crippen LogP contribution in [0.2, 0.25) is 0 Å². The van der Waals surface area contributed by atoms with Gasteiger partial charge in [-0.3, -0.25) is 9.59 Å². The van der Waals surface area contributed by atoms with E-state index in [4.69, 9.17) is 0 Å². The maximum Gasteiger partial charge on any atom is 0.435 e. The largest absolute Gasteiger partial charge is 0.481 e. The van der Waals surface area contributed by atoms with Gasteiger partial charge in [0.15, 0.2) is 9.84 Å². The highest BCUT2D eigenvalue weighted by molar-refractivity contribution is 7.92. The number of carboxylic acids is 1. The van der Waals surface area contributed by atoms with Crippen molar-refractivity contribution in [2.24, 2.45) is 17.8 Å². The Bertz CT molecular complexity index is 1590. The van der Waals surface area contributed by atoms with E-state index in [1.807, 2.05) is 0 Å². The van der Waals surface area contributed by atoms with Gasteiger partial charge in [-0.15, -0.1) is 0 Å². The third kappa shape index (κ3) is 4.99. The Labute approximate surface area is 253 Å². The van der Waals surface area contributed by atoms with Gasteiger partial charge >= 0.3 is 24.0 Å². The molecule has 15 heteroatoms. The number of carbonyl (C=O) groups excluding carboxylic acids is 1. The minimum absolute atomic E-state index is 0.130. The Hall–Kier alpha value is -3.23. The van der Waals surface area contributed by atoms with Gasteiger partial charge in [-0.05, 0) is 79.8 Å². The molecule has 1 amide bonds. The van der Waals surface area contributed by atoms with Crippen LogP contribution >= 0.6 is 0 Å². The minimum atomic E-state index is -6.37. The van der Waals surface area contributed by atoms with Crippen LogP contribution in [0, 0.1) is 23.6 Å². The van der Waals surface area contributed by atoms with E-state index in [0.717, 1.165) is 30.3 Å². The van der Waals surface area contributed by atoms with Gasteiger partial charge in [-0.1, -0.05) is 25.1 Å². The zero-order valence-electron chi connectivity index (χ0n) is 23.8. The Morgan fingerprint density at radius 2 is 1.56 bits per heavy atom. The molecule has 1 saturated carbocycles. The molecule has 1 N–H and O–H groups in total. The van der Waals surface area contributed by atoms with E-state index >= 15 is 4.39 Å². The number of benzene rings is 2. The van der Waals surface area contributed by atoms with Crippen molar-refractivity contribution in [2.75, 3.05) is 6.54 Å². The van der Waals surface area contributed by atoms with Gasteiger partial charge in [0.25, 0.3) is 0 Å². The zero-order chi connectivity index (χ0) is 33.3. The van der Waals surface area contributed by atoms with Gasteiger partial charge in [0, 0.05) is 18.0 Å². The summed E-state index contributed by atoms with van der Waals surface area (Å²) in [4.78, 5) is 26.4. The van der Waals surface area contributed by atoms with Gasteiger partial charge in [-0.25, -0.2) is 17.2 Å². The molecule has 0 bridgehead atoms. The van der Waals surface area contributed by atoms with Gasteiger partial charge in [0.2, 0.25) is 5.91 Å². The molecule has 0 spiro atoms. The highest BCUT2D eigenvalue weighted by Gasteiger charge is 2.74.